The summed E-state index contributed by atoms with van der Waals surface area (Å²) >= 11 is 0. The Hall–Kier alpha value is -4.99. The van der Waals surface area contributed by atoms with Crippen LogP contribution in [0.4, 0.5) is 0 Å². The first kappa shape index (κ1) is 31.2. The minimum atomic E-state index is -1.09. The maximum atomic E-state index is 12.2. The second-order valence-electron chi connectivity index (χ2n) is 8.72. The van der Waals surface area contributed by atoms with Gasteiger partial charge in [0.1, 0.15) is 19.3 Å². The average Bonchev–Trinajstić information content (AvgIpc) is 3.27. The fourth-order valence-electron chi connectivity index (χ4n) is 3.39. The minimum Gasteiger partial charge on any atom is -0.456 e. The Bertz CT molecular complexity index is 1290. The highest BCUT2D eigenvalue weighted by Crippen LogP contribution is 2.16. The van der Waals surface area contributed by atoms with Crippen LogP contribution in [0.3, 0.4) is 0 Å². The Balaban J connectivity index is 0.000000286. The molecule has 0 spiro atoms. The molecule has 10 heteroatoms. The summed E-state index contributed by atoms with van der Waals surface area (Å²) < 4.78 is 9.64. The van der Waals surface area contributed by atoms with Gasteiger partial charge in [0.25, 0.3) is 11.8 Å². The predicted octanol–water partition coefficient (Wildman–Crippen LogP) is 2.38. The lowest BCUT2D eigenvalue weighted by molar-refractivity contribution is -0.158. The number of ketones is 3. The van der Waals surface area contributed by atoms with Gasteiger partial charge < -0.3 is 9.47 Å². The number of amides is 2. The van der Waals surface area contributed by atoms with Crippen molar-refractivity contribution in [3.8, 4) is 0 Å². The first-order valence-corrected chi connectivity index (χ1v) is 12.2. The standard InChI is InChI=1S/C16H15NO5.C14H14O4/c1-11(18)10-22-16(21)13(9-12-5-3-2-4-6-12)17-14(19)7-8-15(17)20;1-3-13(16)8-11-4-6-12(7-5-11)14(17)18-9-10(2)15/h2-8,13H,9-10H2,1H3;3-7H,1,8-9H2,2H3. The van der Waals surface area contributed by atoms with Crippen molar-refractivity contribution in [3.63, 3.8) is 0 Å². The number of carbonyl (C=O) groups is 7. The first-order valence-electron chi connectivity index (χ1n) is 12.2. The molecule has 40 heavy (non-hydrogen) atoms. The van der Waals surface area contributed by atoms with E-state index in [-0.39, 0.29) is 43.4 Å². The molecule has 2 aromatic carbocycles. The van der Waals surface area contributed by atoms with Crippen molar-refractivity contribution in [3.05, 3.63) is 96.1 Å². The number of rotatable bonds is 12. The van der Waals surface area contributed by atoms with Crippen molar-refractivity contribution in [2.24, 2.45) is 0 Å². The third kappa shape index (κ3) is 10.1. The van der Waals surface area contributed by atoms with Crippen LogP contribution in [0.15, 0.2) is 79.4 Å². The molecule has 0 aliphatic carbocycles. The molecule has 2 amide bonds. The van der Waals surface area contributed by atoms with Gasteiger partial charge in [0.05, 0.1) is 5.56 Å². The molecule has 0 saturated carbocycles. The first-order chi connectivity index (χ1) is 19.0. The number of allylic oxidation sites excluding steroid dienone is 1. The van der Waals surface area contributed by atoms with Crippen molar-refractivity contribution in [2.45, 2.75) is 32.7 Å². The molecule has 1 unspecified atom stereocenters. The fourth-order valence-corrected chi connectivity index (χ4v) is 3.39. The Morgan fingerprint density at radius 1 is 0.800 bits per heavy atom. The van der Waals surface area contributed by atoms with Crippen molar-refractivity contribution in [2.75, 3.05) is 13.2 Å². The third-order valence-corrected chi connectivity index (χ3v) is 5.32. The summed E-state index contributed by atoms with van der Waals surface area (Å²) in [5.74, 6) is -3.06. The summed E-state index contributed by atoms with van der Waals surface area (Å²) in [6, 6.07) is 14.4. The molecule has 2 aromatic rings. The highest BCUT2D eigenvalue weighted by Gasteiger charge is 2.37. The van der Waals surface area contributed by atoms with Crippen LogP contribution in [0.5, 0.6) is 0 Å². The Kier molecular flexibility index (Phi) is 12.0. The van der Waals surface area contributed by atoms with Crippen LogP contribution in [0.2, 0.25) is 0 Å². The maximum absolute atomic E-state index is 12.2. The van der Waals surface area contributed by atoms with Crippen molar-refractivity contribution < 1.29 is 43.0 Å². The zero-order valence-electron chi connectivity index (χ0n) is 22.2. The number of esters is 2. The van der Waals surface area contributed by atoms with Crippen molar-refractivity contribution in [1.82, 2.24) is 4.90 Å². The Morgan fingerprint density at radius 2 is 1.35 bits per heavy atom. The van der Waals surface area contributed by atoms with Gasteiger partial charge in [-0.3, -0.25) is 28.9 Å². The number of benzene rings is 2. The fraction of sp³-hybridized carbons (Fsp3) is 0.233. The smallest absolute Gasteiger partial charge is 0.338 e. The lowest BCUT2D eigenvalue weighted by Gasteiger charge is -2.24. The molecular weight excluding hydrogens is 518 g/mol. The molecule has 1 heterocycles. The van der Waals surface area contributed by atoms with Crippen LogP contribution < -0.4 is 0 Å². The van der Waals surface area contributed by atoms with Gasteiger partial charge in [-0.2, -0.15) is 0 Å². The van der Waals surface area contributed by atoms with Crippen LogP contribution in [-0.2, 0) is 51.1 Å². The van der Waals surface area contributed by atoms with E-state index in [0.717, 1.165) is 28.2 Å². The molecule has 208 valence electrons. The summed E-state index contributed by atoms with van der Waals surface area (Å²) in [5.41, 5.74) is 1.92. The molecule has 0 aromatic heterocycles. The largest absolute Gasteiger partial charge is 0.456 e. The van der Waals surface area contributed by atoms with Crippen LogP contribution in [0, 0.1) is 0 Å². The Labute approximate surface area is 231 Å². The molecule has 3 rings (SSSR count). The molecule has 0 saturated heterocycles. The minimum absolute atomic E-state index is 0.0816. The van der Waals surface area contributed by atoms with Gasteiger partial charge in [0.15, 0.2) is 17.3 Å². The number of ether oxygens (including phenoxy) is 2. The van der Waals surface area contributed by atoms with E-state index in [1.807, 2.05) is 6.07 Å². The molecule has 0 fully saturated rings. The monoisotopic (exact) mass is 547 g/mol. The van der Waals surface area contributed by atoms with Gasteiger partial charge in [-0.25, -0.2) is 9.59 Å². The van der Waals surface area contributed by atoms with E-state index >= 15 is 0 Å². The lowest BCUT2D eigenvalue weighted by atomic mass is 10.0. The van der Waals surface area contributed by atoms with E-state index in [0.29, 0.717) is 5.56 Å². The number of hydrogen-bond acceptors (Lipinski definition) is 9. The molecule has 1 atom stereocenters. The summed E-state index contributed by atoms with van der Waals surface area (Å²) in [4.78, 5) is 80.9. The van der Waals surface area contributed by atoms with Gasteiger partial charge in [-0.1, -0.05) is 49.0 Å². The van der Waals surface area contributed by atoms with Crippen molar-refractivity contribution >= 4 is 41.1 Å². The highest BCUT2D eigenvalue weighted by atomic mass is 16.5. The number of hydrogen-bond donors (Lipinski definition) is 0. The summed E-state index contributed by atoms with van der Waals surface area (Å²) in [7, 11) is 0. The normalized spacial score (nSPS) is 12.6. The van der Waals surface area contributed by atoms with Gasteiger partial charge in [-0.15, -0.1) is 0 Å². The van der Waals surface area contributed by atoms with Crippen LogP contribution in [0.1, 0.15) is 35.3 Å². The highest BCUT2D eigenvalue weighted by molar-refractivity contribution is 6.14. The van der Waals surface area contributed by atoms with Gasteiger partial charge in [-0.05, 0) is 43.2 Å². The van der Waals surface area contributed by atoms with Crippen LogP contribution >= 0.6 is 0 Å². The molecule has 10 nitrogen and oxygen atoms in total. The van der Waals surface area contributed by atoms with E-state index in [1.54, 1.807) is 48.5 Å². The quantitative estimate of drug-likeness (QED) is 0.222. The van der Waals surface area contributed by atoms with Crippen LogP contribution in [-0.4, -0.2) is 65.3 Å². The summed E-state index contributed by atoms with van der Waals surface area (Å²) in [6.45, 7) is 5.41. The number of imide groups is 1. The van der Waals surface area contributed by atoms with Gasteiger partial charge >= 0.3 is 11.9 Å². The van der Waals surface area contributed by atoms with Gasteiger partial charge in [0, 0.05) is 25.0 Å². The molecule has 0 radical (unpaired) electrons. The molecule has 0 bridgehead atoms. The zero-order valence-corrected chi connectivity index (χ0v) is 22.2. The van der Waals surface area contributed by atoms with Crippen LogP contribution in [0.25, 0.3) is 0 Å². The van der Waals surface area contributed by atoms with E-state index < -0.39 is 29.8 Å². The topological polar surface area (TPSA) is 141 Å². The van der Waals surface area contributed by atoms with Crippen molar-refractivity contribution in [1.29, 1.82) is 0 Å². The summed E-state index contributed by atoms with van der Waals surface area (Å²) in [6.07, 6.45) is 3.87. The van der Waals surface area contributed by atoms with E-state index in [4.69, 9.17) is 9.47 Å². The predicted molar refractivity (Wildman–Crippen MR) is 143 cm³/mol. The number of nitrogens with zero attached hydrogens (tertiary/aromatic N) is 1. The second kappa shape index (κ2) is 15.4. The number of Topliss-reactive ketones (excluding diaryl/α,β-unsaturated/α-hetero) is 2. The molecule has 0 N–H and O–H groups in total. The van der Waals surface area contributed by atoms with E-state index in [2.05, 4.69) is 6.58 Å². The number of carbonyl (C=O) groups excluding carboxylic acids is 7. The van der Waals surface area contributed by atoms with E-state index in [1.165, 1.54) is 19.9 Å². The SMILES string of the molecule is C=CC(=O)Cc1ccc(C(=O)OCC(C)=O)cc1.CC(=O)COC(=O)C(Cc1ccccc1)N1C(=O)C=CC1=O. The molecule has 1 aliphatic rings. The molecular formula is C30H29NO9. The second-order valence-corrected chi connectivity index (χ2v) is 8.72. The van der Waals surface area contributed by atoms with E-state index in [9.17, 15) is 33.6 Å². The third-order valence-electron chi connectivity index (χ3n) is 5.32. The zero-order chi connectivity index (χ0) is 29.7. The van der Waals surface area contributed by atoms with Gasteiger partial charge in [0.2, 0.25) is 0 Å². The maximum Gasteiger partial charge on any atom is 0.338 e. The lowest BCUT2D eigenvalue weighted by Crippen LogP contribution is -2.47. The Morgan fingerprint density at radius 3 is 1.88 bits per heavy atom. The average molecular weight is 548 g/mol. The molecule has 1 aliphatic heterocycles. The summed E-state index contributed by atoms with van der Waals surface area (Å²) in [5, 5.41) is 0.